The number of H-pyrrole nitrogens is 1. The van der Waals surface area contributed by atoms with Crippen molar-refractivity contribution in [3.63, 3.8) is 0 Å². The molecule has 1 aromatic rings. The molecule has 2 heterocycles. The highest BCUT2D eigenvalue weighted by Crippen LogP contribution is 2.24. The third-order valence-electron chi connectivity index (χ3n) is 3.28. The molecule has 1 aromatic heterocycles. The van der Waals surface area contributed by atoms with Gasteiger partial charge in [-0.15, -0.1) is 0 Å². The molecule has 2 atom stereocenters. The van der Waals surface area contributed by atoms with Crippen molar-refractivity contribution in [2.75, 3.05) is 27.3 Å². The van der Waals surface area contributed by atoms with E-state index in [4.69, 9.17) is 15.2 Å². The number of aromatic amines is 1. The Hall–Kier alpha value is -1.00. The van der Waals surface area contributed by atoms with Crippen molar-refractivity contribution in [1.29, 1.82) is 0 Å². The molecule has 0 aliphatic carbocycles. The third-order valence-corrected chi connectivity index (χ3v) is 5.13. The van der Waals surface area contributed by atoms with Crippen LogP contribution >= 0.6 is 0 Å². The minimum Gasteiger partial charge on any atom is -0.377 e. The standard InChI is InChI=1S/C10H18N4O4S/c1-17-8-5-14(6-9(8)18-2)19(15,16)10-7(3-11)4-12-13-10/h4,8-9H,3,5-6,11H2,1-2H3,(H,12,13). The molecule has 0 aromatic carbocycles. The lowest BCUT2D eigenvalue weighted by atomic mass is 10.3. The maximum absolute atomic E-state index is 12.5. The van der Waals surface area contributed by atoms with Crippen molar-refractivity contribution in [2.45, 2.75) is 23.8 Å². The third kappa shape index (κ3) is 2.51. The first-order valence-corrected chi connectivity index (χ1v) is 7.26. The topological polar surface area (TPSA) is 111 Å². The predicted molar refractivity (Wildman–Crippen MR) is 66.8 cm³/mol. The zero-order chi connectivity index (χ0) is 14.0. The Morgan fingerprint density at radius 3 is 2.47 bits per heavy atom. The quantitative estimate of drug-likeness (QED) is 0.712. The molecule has 2 unspecified atom stereocenters. The van der Waals surface area contributed by atoms with E-state index in [-0.39, 0.29) is 36.9 Å². The first-order chi connectivity index (χ1) is 9.04. The van der Waals surface area contributed by atoms with Gasteiger partial charge in [-0.1, -0.05) is 0 Å². The molecular formula is C10H18N4O4S. The summed E-state index contributed by atoms with van der Waals surface area (Å²) in [6.45, 7) is 0.612. The number of nitrogens with one attached hydrogen (secondary N) is 1. The van der Waals surface area contributed by atoms with Gasteiger partial charge in [0.2, 0.25) is 0 Å². The number of aromatic nitrogens is 2. The molecule has 19 heavy (non-hydrogen) atoms. The van der Waals surface area contributed by atoms with Crippen LogP contribution in [0.25, 0.3) is 0 Å². The van der Waals surface area contributed by atoms with Gasteiger partial charge in [-0.25, -0.2) is 8.42 Å². The van der Waals surface area contributed by atoms with Crippen molar-refractivity contribution in [1.82, 2.24) is 14.5 Å². The van der Waals surface area contributed by atoms with E-state index in [1.54, 1.807) is 0 Å². The van der Waals surface area contributed by atoms with E-state index < -0.39 is 10.0 Å². The maximum Gasteiger partial charge on any atom is 0.260 e. The van der Waals surface area contributed by atoms with Crippen LogP contribution in [0.4, 0.5) is 0 Å². The van der Waals surface area contributed by atoms with Crippen LogP contribution < -0.4 is 5.73 Å². The first-order valence-electron chi connectivity index (χ1n) is 5.82. The molecule has 0 amide bonds. The number of hydrogen-bond acceptors (Lipinski definition) is 6. The Balaban J connectivity index is 2.27. The van der Waals surface area contributed by atoms with Gasteiger partial charge >= 0.3 is 0 Å². The van der Waals surface area contributed by atoms with Crippen LogP contribution in [0.2, 0.25) is 0 Å². The van der Waals surface area contributed by atoms with E-state index in [1.807, 2.05) is 0 Å². The second kappa shape index (κ2) is 5.55. The summed E-state index contributed by atoms with van der Waals surface area (Å²) in [7, 11) is -0.577. The van der Waals surface area contributed by atoms with Gasteiger partial charge in [0.25, 0.3) is 10.0 Å². The predicted octanol–water partition coefficient (Wildman–Crippen LogP) is -1.10. The number of sulfonamides is 1. The van der Waals surface area contributed by atoms with Crippen LogP contribution in [0.1, 0.15) is 5.56 Å². The largest absolute Gasteiger partial charge is 0.377 e. The van der Waals surface area contributed by atoms with E-state index >= 15 is 0 Å². The number of nitrogens with zero attached hydrogens (tertiary/aromatic N) is 2. The molecule has 9 heteroatoms. The molecule has 1 fully saturated rings. The van der Waals surface area contributed by atoms with Gasteiger partial charge in [0.1, 0.15) is 0 Å². The fraction of sp³-hybridized carbons (Fsp3) is 0.700. The summed E-state index contributed by atoms with van der Waals surface area (Å²) >= 11 is 0. The van der Waals surface area contributed by atoms with Gasteiger partial charge in [0.05, 0.1) is 18.4 Å². The number of nitrogens with two attached hydrogens (primary N) is 1. The van der Waals surface area contributed by atoms with Crippen molar-refractivity contribution >= 4 is 10.0 Å². The highest BCUT2D eigenvalue weighted by molar-refractivity contribution is 7.89. The molecule has 1 aliphatic heterocycles. The maximum atomic E-state index is 12.5. The van der Waals surface area contributed by atoms with Gasteiger partial charge in [-0.2, -0.15) is 9.40 Å². The first kappa shape index (κ1) is 14.4. The molecule has 0 radical (unpaired) electrons. The average Bonchev–Trinajstić information content (AvgIpc) is 3.04. The van der Waals surface area contributed by atoms with E-state index in [0.717, 1.165) is 0 Å². The average molecular weight is 290 g/mol. The Kier molecular flexibility index (Phi) is 4.21. The highest BCUT2D eigenvalue weighted by Gasteiger charge is 2.41. The molecule has 0 saturated carbocycles. The molecule has 3 N–H and O–H groups in total. The smallest absolute Gasteiger partial charge is 0.260 e. The lowest BCUT2D eigenvalue weighted by Gasteiger charge is -2.15. The van der Waals surface area contributed by atoms with Crippen LogP contribution in [-0.4, -0.2) is 62.4 Å². The fourth-order valence-electron chi connectivity index (χ4n) is 2.16. The molecule has 1 saturated heterocycles. The van der Waals surface area contributed by atoms with Crippen molar-refractivity contribution < 1.29 is 17.9 Å². The number of methoxy groups -OCH3 is 2. The zero-order valence-electron chi connectivity index (χ0n) is 10.9. The van der Waals surface area contributed by atoms with Crippen LogP contribution in [-0.2, 0) is 26.0 Å². The zero-order valence-corrected chi connectivity index (χ0v) is 11.7. The number of ether oxygens (including phenoxy) is 2. The number of hydrogen-bond donors (Lipinski definition) is 2. The summed E-state index contributed by atoms with van der Waals surface area (Å²) in [5, 5.41) is 6.28. The molecule has 8 nitrogen and oxygen atoms in total. The lowest BCUT2D eigenvalue weighted by molar-refractivity contribution is -0.00461. The summed E-state index contributed by atoms with van der Waals surface area (Å²) in [6, 6.07) is 0. The van der Waals surface area contributed by atoms with Crippen LogP contribution in [0.5, 0.6) is 0 Å². The lowest BCUT2D eigenvalue weighted by Crippen LogP contribution is -2.31. The second-order valence-electron chi connectivity index (χ2n) is 4.30. The second-order valence-corrected chi connectivity index (χ2v) is 6.17. The summed E-state index contributed by atoms with van der Waals surface area (Å²) in [5.74, 6) is 0. The SMILES string of the molecule is COC1CN(S(=O)(=O)c2[nH]ncc2CN)CC1OC. The molecule has 108 valence electrons. The van der Waals surface area contributed by atoms with Crippen LogP contribution in [0.3, 0.4) is 0 Å². The Morgan fingerprint density at radius 2 is 2.00 bits per heavy atom. The molecular weight excluding hydrogens is 272 g/mol. The fourth-order valence-corrected chi connectivity index (χ4v) is 3.74. The summed E-state index contributed by atoms with van der Waals surface area (Å²) in [5.41, 5.74) is 5.97. The van der Waals surface area contributed by atoms with Crippen molar-refractivity contribution in [3.8, 4) is 0 Å². The van der Waals surface area contributed by atoms with Gasteiger partial charge in [-0.3, -0.25) is 5.10 Å². The van der Waals surface area contributed by atoms with Gasteiger partial charge < -0.3 is 15.2 Å². The van der Waals surface area contributed by atoms with Crippen LogP contribution in [0, 0.1) is 0 Å². The van der Waals surface area contributed by atoms with E-state index in [0.29, 0.717) is 5.56 Å². The molecule has 0 spiro atoms. The highest BCUT2D eigenvalue weighted by atomic mass is 32.2. The normalized spacial score (nSPS) is 25.0. The minimum atomic E-state index is -3.65. The van der Waals surface area contributed by atoms with E-state index in [9.17, 15) is 8.42 Å². The summed E-state index contributed by atoms with van der Waals surface area (Å²) in [4.78, 5) is 0. The monoisotopic (exact) mass is 290 g/mol. The van der Waals surface area contributed by atoms with E-state index in [2.05, 4.69) is 10.2 Å². The summed E-state index contributed by atoms with van der Waals surface area (Å²) < 4.78 is 36.8. The van der Waals surface area contributed by atoms with E-state index in [1.165, 1.54) is 24.7 Å². The van der Waals surface area contributed by atoms with Gasteiger partial charge in [-0.05, 0) is 0 Å². The summed E-state index contributed by atoms with van der Waals surface area (Å²) in [6.07, 6.45) is 0.873. The van der Waals surface area contributed by atoms with Gasteiger partial charge in [0, 0.05) is 39.4 Å². The Labute approximate surface area is 111 Å². The molecule has 1 aliphatic rings. The van der Waals surface area contributed by atoms with Crippen LogP contribution in [0.15, 0.2) is 11.2 Å². The minimum absolute atomic E-state index is 0.0432. The van der Waals surface area contributed by atoms with Crippen molar-refractivity contribution in [2.24, 2.45) is 5.73 Å². The number of rotatable bonds is 5. The van der Waals surface area contributed by atoms with Crippen molar-refractivity contribution in [3.05, 3.63) is 11.8 Å². The van der Waals surface area contributed by atoms with Gasteiger partial charge in [0.15, 0.2) is 5.03 Å². The Morgan fingerprint density at radius 1 is 1.42 bits per heavy atom. The molecule has 0 bridgehead atoms. The Bertz CT molecular complexity index is 517. The molecule has 2 rings (SSSR count).